The molecule has 0 radical (unpaired) electrons. The second kappa shape index (κ2) is 10.7. The average Bonchev–Trinajstić information content (AvgIpc) is 2.82. The number of pyridine rings is 1. The van der Waals surface area contributed by atoms with Gasteiger partial charge in [-0.2, -0.15) is 0 Å². The molecule has 2 aliphatic carbocycles. The number of benzene rings is 1. The minimum atomic E-state index is 0.248. The van der Waals surface area contributed by atoms with Crippen molar-refractivity contribution < 1.29 is 4.74 Å². The van der Waals surface area contributed by atoms with E-state index in [1.165, 1.54) is 80.9 Å². The number of nitrogens with one attached hydrogen (secondary N) is 1. The van der Waals surface area contributed by atoms with Crippen LogP contribution in [0.2, 0.25) is 0 Å². The predicted molar refractivity (Wildman–Crippen MR) is 131 cm³/mol. The molecule has 0 aliphatic heterocycles. The van der Waals surface area contributed by atoms with E-state index in [9.17, 15) is 0 Å². The third kappa shape index (κ3) is 5.34. The van der Waals surface area contributed by atoms with Crippen molar-refractivity contribution in [2.24, 2.45) is 5.73 Å². The molecule has 0 amide bonds. The maximum absolute atomic E-state index is 5.95. The Labute approximate surface area is 188 Å². The topological polar surface area (TPSA) is 60.2 Å². The zero-order chi connectivity index (χ0) is 21.6. The molecule has 170 valence electrons. The van der Waals surface area contributed by atoms with Crippen LogP contribution in [0.3, 0.4) is 0 Å². The van der Waals surface area contributed by atoms with E-state index in [1.54, 1.807) is 0 Å². The second-order valence-electron chi connectivity index (χ2n) is 9.89. The van der Waals surface area contributed by atoms with Gasteiger partial charge in [0.15, 0.2) is 0 Å². The number of anilines is 1. The van der Waals surface area contributed by atoms with Crippen LogP contribution < -0.4 is 15.8 Å². The first-order valence-corrected chi connectivity index (χ1v) is 12.7. The van der Waals surface area contributed by atoms with Crippen LogP contribution in [-0.2, 0) is 0 Å². The van der Waals surface area contributed by atoms with Crippen LogP contribution in [0.1, 0.15) is 107 Å². The van der Waals surface area contributed by atoms with Crippen LogP contribution in [0.25, 0.3) is 10.9 Å². The molecule has 2 fully saturated rings. The summed E-state index contributed by atoms with van der Waals surface area (Å²) in [5.74, 6) is 2.23. The summed E-state index contributed by atoms with van der Waals surface area (Å²) in [7, 11) is 1.82. The lowest BCUT2D eigenvalue weighted by Gasteiger charge is -2.27. The highest BCUT2D eigenvalue weighted by Crippen LogP contribution is 2.44. The monoisotopic (exact) mass is 423 g/mol. The van der Waals surface area contributed by atoms with Gasteiger partial charge in [-0.25, -0.2) is 0 Å². The molecule has 2 aromatic rings. The van der Waals surface area contributed by atoms with Gasteiger partial charge in [-0.1, -0.05) is 44.6 Å². The molecule has 1 aromatic heterocycles. The summed E-state index contributed by atoms with van der Waals surface area (Å²) in [4.78, 5) is 5.30. The summed E-state index contributed by atoms with van der Waals surface area (Å²) >= 11 is 0. The number of rotatable bonds is 8. The summed E-state index contributed by atoms with van der Waals surface area (Å²) < 4.78 is 5.95. The van der Waals surface area contributed by atoms with Gasteiger partial charge >= 0.3 is 0 Å². The van der Waals surface area contributed by atoms with Gasteiger partial charge in [0.05, 0.1) is 18.3 Å². The molecular formula is C27H41N3O. The van der Waals surface area contributed by atoms with Gasteiger partial charge < -0.3 is 15.8 Å². The summed E-state index contributed by atoms with van der Waals surface area (Å²) in [5.41, 5.74) is 10.9. The second-order valence-corrected chi connectivity index (χ2v) is 9.89. The standard InChI is InChI=1S/C27H41N3O/c1-19(28)10-9-17-29-24-18-25(31-2)26(21-13-7-4-8-14-21)22-15-16-23(30-27(22)24)20-11-5-3-6-12-20/h15-16,18-21,29H,3-14,17,28H2,1-2H3. The van der Waals surface area contributed by atoms with Crippen LogP contribution in [0.4, 0.5) is 5.69 Å². The lowest BCUT2D eigenvalue weighted by atomic mass is 9.81. The van der Waals surface area contributed by atoms with Crippen LogP contribution in [-0.4, -0.2) is 24.7 Å². The molecule has 1 heterocycles. The molecule has 4 rings (SSSR count). The summed E-state index contributed by atoms with van der Waals surface area (Å²) in [6, 6.07) is 7.13. The first-order chi connectivity index (χ1) is 15.2. The molecule has 0 saturated heterocycles. The minimum absolute atomic E-state index is 0.248. The first kappa shape index (κ1) is 22.4. The minimum Gasteiger partial charge on any atom is -0.496 e. The fourth-order valence-electron chi connectivity index (χ4n) is 5.70. The number of aromatic nitrogens is 1. The highest BCUT2D eigenvalue weighted by atomic mass is 16.5. The summed E-state index contributed by atoms with van der Waals surface area (Å²) in [6.45, 7) is 2.99. The number of methoxy groups -OCH3 is 1. The van der Waals surface area contributed by atoms with E-state index in [0.717, 1.165) is 36.3 Å². The van der Waals surface area contributed by atoms with E-state index in [-0.39, 0.29) is 6.04 Å². The van der Waals surface area contributed by atoms with Gasteiger partial charge in [-0.3, -0.25) is 4.98 Å². The molecule has 4 nitrogen and oxygen atoms in total. The van der Waals surface area contributed by atoms with E-state index >= 15 is 0 Å². The van der Waals surface area contributed by atoms with Crippen molar-refractivity contribution in [1.29, 1.82) is 0 Å². The van der Waals surface area contributed by atoms with E-state index in [1.807, 2.05) is 7.11 Å². The van der Waals surface area contributed by atoms with Gasteiger partial charge in [0, 0.05) is 41.2 Å². The average molecular weight is 424 g/mol. The van der Waals surface area contributed by atoms with Gasteiger partial charge in [-0.15, -0.1) is 0 Å². The fourth-order valence-corrected chi connectivity index (χ4v) is 5.70. The maximum Gasteiger partial charge on any atom is 0.125 e. The summed E-state index contributed by atoms with van der Waals surface area (Å²) in [5, 5.41) is 4.97. The van der Waals surface area contributed by atoms with E-state index in [0.29, 0.717) is 11.8 Å². The zero-order valence-corrected chi connectivity index (χ0v) is 19.6. The van der Waals surface area contributed by atoms with Crippen LogP contribution >= 0.6 is 0 Å². The smallest absolute Gasteiger partial charge is 0.125 e. The first-order valence-electron chi connectivity index (χ1n) is 12.7. The Morgan fingerprint density at radius 1 is 1.03 bits per heavy atom. The van der Waals surface area contributed by atoms with Gasteiger partial charge in [0.2, 0.25) is 0 Å². The molecule has 0 bridgehead atoms. The number of nitrogens with zero attached hydrogens (tertiary/aromatic N) is 1. The number of ether oxygens (including phenoxy) is 1. The molecule has 2 saturated carbocycles. The number of nitrogens with two attached hydrogens (primary N) is 1. The molecule has 1 unspecified atom stereocenters. The third-order valence-electron chi connectivity index (χ3n) is 7.41. The zero-order valence-electron chi connectivity index (χ0n) is 19.6. The normalized spacial score (nSPS) is 19.5. The summed E-state index contributed by atoms with van der Waals surface area (Å²) in [6.07, 6.45) is 15.2. The van der Waals surface area contributed by atoms with Crippen LogP contribution in [0.15, 0.2) is 18.2 Å². The molecule has 4 heteroatoms. The van der Waals surface area contributed by atoms with Crippen molar-refractivity contribution in [2.45, 2.75) is 102 Å². The molecule has 31 heavy (non-hydrogen) atoms. The predicted octanol–water partition coefficient (Wildman–Crippen LogP) is 6.88. The van der Waals surface area contributed by atoms with Crippen molar-refractivity contribution in [1.82, 2.24) is 4.98 Å². The van der Waals surface area contributed by atoms with Crippen molar-refractivity contribution in [2.75, 3.05) is 19.0 Å². The van der Waals surface area contributed by atoms with Gasteiger partial charge in [-0.05, 0) is 57.4 Å². The lowest BCUT2D eigenvalue weighted by Crippen LogP contribution is -2.16. The largest absolute Gasteiger partial charge is 0.496 e. The highest BCUT2D eigenvalue weighted by molar-refractivity contribution is 5.95. The number of fused-ring (bicyclic) bond motifs is 1. The van der Waals surface area contributed by atoms with Crippen LogP contribution in [0, 0.1) is 0 Å². The Morgan fingerprint density at radius 3 is 2.35 bits per heavy atom. The third-order valence-corrected chi connectivity index (χ3v) is 7.41. The van der Waals surface area contributed by atoms with Crippen LogP contribution in [0.5, 0.6) is 5.75 Å². The van der Waals surface area contributed by atoms with Gasteiger partial charge in [0.1, 0.15) is 5.75 Å². The maximum atomic E-state index is 5.95. The van der Waals surface area contributed by atoms with Gasteiger partial charge in [0.25, 0.3) is 0 Å². The Morgan fingerprint density at radius 2 is 1.71 bits per heavy atom. The number of hydrogen-bond donors (Lipinski definition) is 2. The Hall–Kier alpha value is -1.81. The van der Waals surface area contributed by atoms with E-state index in [2.05, 4.69) is 30.4 Å². The van der Waals surface area contributed by atoms with Crippen molar-refractivity contribution in [3.63, 3.8) is 0 Å². The van der Waals surface area contributed by atoms with E-state index in [4.69, 9.17) is 15.5 Å². The lowest BCUT2D eigenvalue weighted by molar-refractivity contribution is 0.389. The Kier molecular flexibility index (Phi) is 7.71. The molecule has 2 aliphatic rings. The molecule has 0 spiro atoms. The Balaban J connectivity index is 1.73. The van der Waals surface area contributed by atoms with Crippen molar-refractivity contribution >= 4 is 16.6 Å². The fraction of sp³-hybridized carbons (Fsp3) is 0.667. The molecular weight excluding hydrogens is 382 g/mol. The van der Waals surface area contributed by atoms with E-state index < -0.39 is 0 Å². The SMILES string of the molecule is COc1cc(NCCCC(C)N)c2nc(C3CCCCC3)ccc2c1C1CCCCC1. The molecule has 1 atom stereocenters. The molecule has 1 aromatic carbocycles. The molecule has 3 N–H and O–H groups in total. The number of hydrogen-bond acceptors (Lipinski definition) is 4. The van der Waals surface area contributed by atoms with Crippen molar-refractivity contribution in [3.8, 4) is 5.75 Å². The van der Waals surface area contributed by atoms with Crippen molar-refractivity contribution in [3.05, 3.63) is 29.5 Å². The quantitative estimate of drug-likeness (QED) is 0.454. The highest BCUT2D eigenvalue weighted by Gasteiger charge is 2.25. The Bertz CT molecular complexity index is 851.